The van der Waals surface area contributed by atoms with Crippen molar-refractivity contribution in [2.75, 3.05) is 26.7 Å². The molecule has 5 heteroatoms. The van der Waals surface area contributed by atoms with E-state index in [1.54, 1.807) is 7.05 Å². The fraction of sp³-hybridized carbons (Fsp3) is 0.500. The second kappa shape index (κ2) is 8.50. The Labute approximate surface area is 114 Å². The Kier molecular flexibility index (Phi) is 6.92. The van der Waals surface area contributed by atoms with E-state index in [-0.39, 0.29) is 12.5 Å². The van der Waals surface area contributed by atoms with Crippen LogP contribution in [-0.4, -0.2) is 43.9 Å². The summed E-state index contributed by atoms with van der Waals surface area (Å²) in [7, 11) is 1.60. The van der Waals surface area contributed by atoms with Crippen LogP contribution in [0.4, 0.5) is 0 Å². The zero-order valence-corrected chi connectivity index (χ0v) is 11.5. The Morgan fingerprint density at radius 2 is 2.16 bits per heavy atom. The smallest absolute Gasteiger partial charge is 0.221 e. The van der Waals surface area contributed by atoms with Gasteiger partial charge in [-0.1, -0.05) is 18.2 Å². The molecule has 0 saturated heterocycles. The van der Waals surface area contributed by atoms with Gasteiger partial charge in [0, 0.05) is 26.6 Å². The lowest BCUT2D eigenvalue weighted by Gasteiger charge is -2.14. The number of hydrogen-bond donors (Lipinski definition) is 3. The monoisotopic (exact) mass is 266 g/mol. The molecule has 0 aliphatic rings. The number of nitrogens with one attached hydrogen (secondary N) is 2. The molecule has 0 aliphatic heterocycles. The summed E-state index contributed by atoms with van der Waals surface area (Å²) in [4.78, 5) is 11.0. The van der Waals surface area contributed by atoms with Gasteiger partial charge >= 0.3 is 0 Å². The van der Waals surface area contributed by atoms with Crippen molar-refractivity contribution in [2.45, 2.75) is 19.4 Å². The number of benzene rings is 1. The minimum atomic E-state index is -0.593. The molecule has 0 fully saturated rings. The van der Waals surface area contributed by atoms with E-state index < -0.39 is 6.10 Å². The van der Waals surface area contributed by atoms with Crippen molar-refractivity contribution in [3.8, 4) is 5.75 Å². The van der Waals surface area contributed by atoms with Crippen LogP contribution in [0.15, 0.2) is 24.3 Å². The van der Waals surface area contributed by atoms with E-state index in [9.17, 15) is 9.90 Å². The molecule has 1 aromatic rings. The Hall–Kier alpha value is -1.59. The van der Waals surface area contributed by atoms with E-state index in [0.717, 1.165) is 11.3 Å². The lowest BCUT2D eigenvalue weighted by Crippen LogP contribution is -2.33. The van der Waals surface area contributed by atoms with E-state index in [2.05, 4.69) is 10.6 Å². The van der Waals surface area contributed by atoms with Gasteiger partial charge in [-0.05, 0) is 18.6 Å². The van der Waals surface area contributed by atoms with Gasteiger partial charge in [0.05, 0.1) is 0 Å². The molecule has 106 valence electrons. The topological polar surface area (TPSA) is 70.6 Å². The molecule has 1 rings (SSSR count). The molecule has 0 aromatic heterocycles. The van der Waals surface area contributed by atoms with Crippen LogP contribution in [0.3, 0.4) is 0 Å². The third-order valence-electron chi connectivity index (χ3n) is 2.71. The number of rotatable bonds is 8. The lowest BCUT2D eigenvalue weighted by molar-refractivity contribution is -0.120. The van der Waals surface area contributed by atoms with Gasteiger partial charge in [0.15, 0.2) is 0 Å². The van der Waals surface area contributed by atoms with Crippen LogP contribution < -0.4 is 15.4 Å². The molecule has 0 saturated carbocycles. The lowest BCUT2D eigenvalue weighted by atomic mass is 10.2. The molecule has 0 aliphatic carbocycles. The molecule has 19 heavy (non-hydrogen) atoms. The summed E-state index contributed by atoms with van der Waals surface area (Å²) in [5, 5.41) is 15.3. The van der Waals surface area contributed by atoms with Crippen molar-refractivity contribution in [2.24, 2.45) is 0 Å². The number of amides is 1. The zero-order chi connectivity index (χ0) is 14.1. The fourth-order valence-corrected chi connectivity index (χ4v) is 1.56. The van der Waals surface area contributed by atoms with Gasteiger partial charge in [-0.2, -0.15) is 0 Å². The predicted octanol–water partition coefficient (Wildman–Crippen LogP) is 0.460. The first-order chi connectivity index (χ1) is 9.13. The number of carbonyl (C=O) groups excluding carboxylic acids is 1. The minimum Gasteiger partial charge on any atom is -0.491 e. The Morgan fingerprint density at radius 1 is 1.42 bits per heavy atom. The normalized spacial score (nSPS) is 11.9. The number of hydrogen-bond acceptors (Lipinski definition) is 4. The van der Waals surface area contributed by atoms with Crippen LogP contribution in [0.1, 0.15) is 12.0 Å². The average Bonchev–Trinajstić information content (AvgIpc) is 2.42. The van der Waals surface area contributed by atoms with E-state index in [1.165, 1.54) is 0 Å². The van der Waals surface area contributed by atoms with Crippen LogP contribution in [0.2, 0.25) is 0 Å². The Bertz CT molecular complexity index is 396. The third kappa shape index (κ3) is 6.22. The molecular formula is C14H22N2O3. The quantitative estimate of drug-likeness (QED) is 0.598. The molecule has 0 radical (unpaired) electrons. The summed E-state index contributed by atoms with van der Waals surface area (Å²) >= 11 is 0. The van der Waals surface area contributed by atoms with Crippen LogP contribution in [0, 0.1) is 6.92 Å². The molecule has 1 aromatic carbocycles. The predicted molar refractivity (Wildman–Crippen MR) is 74.2 cm³/mol. The highest BCUT2D eigenvalue weighted by Gasteiger charge is 2.06. The van der Waals surface area contributed by atoms with Crippen molar-refractivity contribution in [1.29, 1.82) is 0 Å². The SMILES string of the molecule is CNC(=O)CCNCC(O)COc1ccccc1C. The van der Waals surface area contributed by atoms with E-state index in [4.69, 9.17) is 4.74 Å². The third-order valence-corrected chi connectivity index (χ3v) is 2.71. The molecule has 0 heterocycles. The van der Waals surface area contributed by atoms with Crippen LogP contribution >= 0.6 is 0 Å². The summed E-state index contributed by atoms with van der Waals surface area (Å²) in [6.45, 7) is 3.14. The number of para-hydroxylation sites is 1. The largest absolute Gasteiger partial charge is 0.491 e. The summed E-state index contributed by atoms with van der Waals surface area (Å²) in [5.41, 5.74) is 1.04. The molecule has 1 amide bonds. The minimum absolute atomic E-state index is 0.0156. The maximum Gasteiger partial charge on any atom is 0.221 e. The molecule has 3 N–H and O–H groups in total. The van der Waals surface area contributed by atoms with Gasteiger partial charge in [0.2, 0.25) is 5.91 Å². The van der Waals surface area contributed by atoms with Crippen molar-refractivity contribution in [3.05, 3.63) is 29.8 Å². The first-order valence-electron chi connectivity index (χ1n) is 6.41. The highest BCUT2D eigenvalue weighted by Crippen LogP contribution is 2.16. The Balaban J connectivity index is 2.16. The summed E-state index contributed by atoms with van der Waals surface area (Å²) in [6.07, 6.45) is -0.189. The average molecular weight is 266 g/mol. The maximum absolute atomic E-state index is 11.0. The van der Waals surface area contributed by atoms with Crippen molar-refractivity contribution < 1.29 is 14.6 Å². The molecule has 5 nitrogen and oxygen atoms in total. The van der Waals surface area contributed by atoms with Crippen molar-refractivity contribution in [3.63, 3.8) is 0 Å². The fourth-order valence-electron chi connectivity index (χ4n) is 1.56. The van der Waals surface area contributed by atoms with Gasteiger partial charge in [0.25, 0.3) is 0 Å². The first kappa shape index (κ1) is 15.5. The highest BCUT2D eigenvalue weighted by molar-refractivity contribution is 5.75. The van der Waals surface area contributed by atoms with Crippen LogP contribution in [-0.2, 0) is 4.79 Å². The van der Waals surface area contributed by atoms with Crippen LogP contribution in [0.5, 0.6) is 5.75 Å². The van der Waals surface area contributed by atoms with Crippen LogP contribution in [0.25, 0.3) is 0 Å². The van der Waals surface area contributed by atoms with Crippen molar-refractivity contribution in [1.82, 2.24) is 10.6 Å². The maximum atomic E-state index is 11.0. The van der Waals surface area contributed by atoms with E-state index in [1.807, 2.05) is 31.2 Å². The van der Waals surface area contributed by atoms with Gasteiger partial charge in [-0.3, -0.25) is 4.79 Å². The van der Waals surface area contributed by atoms with E-state index in [0.29, 0.717) is 19.5 Å². The highest BCUT2D eigenvalue weighted by atomic mass is 16.5. The summed E-state index contributed by atoms with van der Waals surface area (Å²) < 4.78 is 5.53. The number of aliphatic hydroxyl groups excluding tert-OH is 1. The zero-order valence-electron chi connectivity index (χ0n) is 11.5. The summed E-state index contributed by atoms with van der Waals surface area (Å²) in [6, 6.07) is 7.68. The Morgan fingerprint density at radius 3 is 2.84 bits per heavy atom. The van der Waals surface area contributed by atoms with Gasteiger partial charge in [-0.25, -0.2) is 0 Å². The molecule has 1 unspecified atom stereocenters. The summed E-state index contributed by atoms with van der Waals surface area (Å²) in [5.74, 6) is 0.769. The second-order valence-electron chi connectivity index (χ2n) is 4.36. The molecule has 1 atom stereocenters. The van der Waals surface area contributed by atoms with E-state index >= 15 is 0 Å². The number of ether oxygens (including phenoxy) is 1. The second-order valence-corrected chi connectivity index (χ2v) is 4.36. The number of aryl methyl sites for hydroxylation is 1. The van der Waals surface area contributed by atoms with Gasteiger partial charge in [-0.15, -0.1) is 0 Å². The van der Waals surface area contributed by atoms with Gasteiger partial charge < -0.3 is 20.5 Å². The number of aliphatic hydroxyl groups is 1. The first-order valence-corrected chi connectivity index (χ1v) is 6.41. The van der Waals surface area contributed by atoms with Crippen molar-refractivity contribution >= 4 is 5.91 Å². The number of carbonyl (C=O) groups is 1. The molecule has 0 spiro atoms. The molecule has 0 bridgehead atoms. The van der Waals surface area contributed by atoms with Gasteiger partial charge in [0.1, 0.15) is 18.5 Å². The standard InChI is InChI=1S/C14H22N2O3/c1-11-5-3-4-6-13(11)19-10-12(17)9-16-8-7-14(18)15-2/h3-6,12,16-17H,7-10H2,1-2H3,(H,15,18). The molecular weight excluding hydrogens is 244 g/mol.